The van der Waals surface area contributed by atoms with E-state index in [1.165, 1.54) is 4.90 Å². The van der Waals surface area contributed by atoms with Gasteiger partial charge in [-0.1, -0.05) is 12.1 Å². The minimum absolute atomic E-state index is 0.236. The molecule has 2 aromatic rings. The van der Waals surface area contributed by atoms with Crippen molar-refractivity contribution in [3.05, 3.63) is 46.3 Å². The van der Waals surface area contributed by atoms with E-state index in [1.54, 1.807) is 36.2 Å². The number of benzene rings is 1. The molecule has 0 unspecified atom stereocenters. The molecule has 124 valence electrons. The zero-order chi connectivity index (χ0) is 17.3. The molecule has 6 nitrogen and oxygen atoms in total. The molecule has 0 spiro atoms. The summed E-state index contributed by atoms with van der Waals surface area (Å²) in [6, 6.07) is 7.25. The maximum absolute atomic E-state index is 12.8. The molecule has 8 heteroatoms. The van der Waals surface area contributed by atoms with Gasteiger partial charge in [0.25, 0.3) is 5.91 Å². The largest absolute Gasteiger partial charge is 0.495 e. The van der Waals surface area contributed by atoms with Gasteiger partial charge < -0.3 is 10.1 Å². The van der Waals surface area contributed by atoms with Crippen molar-refractivity contribution in [2.75, 3.05) is 12.0 Å². The van der Waals surface area contributed by atoms with Gasteiger partial charge in [0.2, 0.25) is 0 Å². The molecule has 0 bridgehead atoms. The third-order valence-corrected chi connectivity index (χ3v) is 4.51. The molecule has 1 fully saturated rings. The highest BCUT2D eigenvalue weighted by molar-refractivity contribution is 9.10. The Balaban J connectivity index is 2.00. The number of halogens is 1. The van der Waals surface area contributed by atoms with E-state index in [2.05, 4.69) is 26.3 Å². The lowest BCUT2D eigenvalue weighted by molar-refractivity contribution is -0.113. The number of anilines is 1. The molecule has 1 amide bonds. The minimum Gasteiger partial charge on any atom is -0.495 e. The first-order chi connectivity index (χ1) is 11.6. The first-order valence-corrected chi connectivity index (χ1v) is 8.48. The molecular weight excluding hydrogens is 392 g/mol. The third kappa shape index (κ3) is 2.83. The number of carbonyl (C=O) groups is 1. The fraction of sp³-hybridized carbons (Fsp3) is 0.188. The van der Waals surface area contributed by atoms with Crippen molar-refractivity contribution in [3.63, 3.8) is 0 Å². The number of hydrogen-bond acceptors (Lipinski definition) is 4. The number of ether oxygens (including phenoxy) is 1. The first kappa shape index (κ1) is 16.7. The molecule has 1 N–H and O–H groups in total. The van der Waals surface area contributed by atoms with Gasteiger partial charge in [-0.3, -0.25) is 9.48 Å². The Morgan fingerprint density at radius 3 is 2.88 bits per heavy atom. The smallest absolute Gasteiger partial charge is 0.281 e. The lowest BCUT2D eigenvalue weighted by atomic mass is 10.2. The van der Waals surface area contributed by atoms with Crippen LogP contribution in [-0.2, 0) is 11.3 Å². The Hall–Kier alpha value is -2.19. The second-order valence-electron chi connectivity index (χ2n) is 4.99. The van der Waals surface area contributed by atoms with Crippen LogP contribution in [0.25, 0.3) is 6.08 Å². The Kier molecular flexibility index (Phi) is 4.68. The van der Waals surface area contributed by atoms with E-state index in [9.17, 15) is 4.79 Å². The molecule has 1 aromatic heterocycles. The standard InChI is InChI=1S/C16H15BrN4O2S/c1-3-20-13(10(17)9-18-20)8-11-15(22)21(16(24)19-11)12-6-4-5-7-14(12)23-2/h4-9H,3H2,1-2H3,(H,19,24)/b11-8+. The molecule has 0 aliphatic carbocycles. The summed E-state index contributed by atoms with van der Waals surface area (Å²) >= 11 is 8.79. The van der Waals surface area contributed by atoms with Crippen LogP contribution in [0.1, 0.15) is 12.6 Å². The summed E-state index contributed by atoms with van der Waals surface area (Å²) in [6.45, 7) is 2.68. The van der Waals surface area contributed by atoms with Crippen LogP contribution in [0.4, 0.5) is 5.69 Å². The number of nitrogens with zero attached hydrogens (tertiary/aromatic N) is 3. The number of aryl methyl sites for hydroxylation is 1. The first-order valence-electron chi connectivity index (χ1n) is 7.28. The van der Waals surface area contributed by atoms with E-state index >= 15 is 0 Å². The summed E-state index contributed by atoms with van der Waals surface area (Å²) in [5.74, 6) is 0.344. The highest BCUT2D eigenvalue weighted by atomic mass is 79.9. The summed E-state index contributed by atoms with van der Waals surface area (Å²) in [5, 5.41) is 7.53. The lowest BCUT2D eigenvalue weighted by Gasteiger charge is -2.17. The van der Waals surface area contributed by atoms with E-state index in [0.717, 1.165) is 10.2 Å². The van der Waals surface area contributed by atoms with Gasteiger partial charge in [-0.05, 0) is 53.3 Å². The van der Waals surface area contributed by atoms with Crippen LogP contribution >= 0.6 is 28.1 Å². The number of amides is 1. The molecule has 1 aliphatic heterocycles. The van der Waals surface area contributed by atoms with Crippen molar-refractivity contribution in [2.24, 2.45) is 0 Å². The van der Waals surface area contributed by atoms with Crippen molar-refractivity contribution in [3.8, 4) is 5.75 Å². The Bertz CT molecular complexity index is 846. The Morgan fingerprint density at radius 1 is 1.42 bits per heavy atom. The highest BCUT2D eigenvalue weighted by Gasteiger charge is 2.34. The molecule has 1 saturated heterocycles. The second-order valence-corrected chi connectivity index (χ2v) is 6.24. The maximum Gasteiger partial charge on any atom is 0.281 e. The number of aromatic nitrogens is 2. The van der Waals surface area contributed by atoms with Crippen LogP contribution in [-0.4, -0.2) is 27.9 Å². The van der Waals surface area contributed by atoms with Gasteiger partial charge in [-0.2, -0.15) is 5.10 Å². The molecule has 1 aromatic carbocycles. The molecule has 0 saturated carbocycles. The maximum atomic E-state index is 12.8. The predicted octanol–water partition coefficient (Wildman–Crippen LogP) is 2.94. The summed E-state index contributed by atoms with van der Waals surface area (Å²) < 4.78 is 7.93. The lowest BCUT2D eigenvalue weighted by Crippen LogP contribution is -2.30. The van der Waals surface area contributed by atoms with Gasteiger partial charge in [0, 0.05) is 6.54 Å². The SMILES string of the molecule is CCn1ncc(Br)c1/C=C1/NC(=S)N(c2ccccc2OC)C1=O. The van der Waals surface area contributed by atoms with Gasteiger partial charge in [0.05, 0.1) is 29.2 Å². The number of thiocarbonyl (C=S) groups is 1. The average molecular weight is 407 g/mol. The number of nitrogens with one attached hydrogen (secondary N) is 1. The van der Waals surface area contributed by atoms with Crippen LogP contribution in [0.3, 0.4) is 0 Å². The number of carbonyl (C=O) groups excluding carboxylic acids is 1. The minimum atomic E-state index is -0.236. The van der Waals surface area contributed by atoms with Crippen molar-refractivity contribution < 1.29 is 9.53 Å². The summed E-state index contributed by atoms with van der Waals surface area (Å²) in [6.07, 6.45) is 3.44. The molecular formula is C16H15BrN4O2S. The third-order valence-electron chi connectivity index (χ3n) is 3.62. The Labute approximate surface area is 153 Å². The summed E-state index contributed by atoms with van der Waals surface area (Å²) in [4.78, 5) is 14.3. The van der Waals surface area contributed by atoms with Gasteiger partial charge in [-0.25, -0.2) is 4.90 Å². The van der Waals surface area contributed by atoms with E-state index in [4.69, 9.17) is 17.0 Å². The van der Waals surface area contributed by atoms with Gasteiger partial charge in [0.15, 0.2) is 5.11 Å². The zero-order valence-electron chi connectivity index (χ0n) is 13.1. The van der Waals surface area contributed by atoms with Gasteiger partial charge >= 0.3 is 0 Å². The fourth-order valence-corrected chi connectivity index (χ4v) is 3.17. The second kappa shape index (κ2) is 6.74. The van der Waals surface area contributed by atoms with Crippen molar-refractivity contribution in [1.29, 1.82) is 0 Å². The van der Waals surface area contributed by atoms with Crippen LogP contribution in [0.2, 0.25) is 0 Å². The monoisotopic (exact) mass is 406 g/mol. The predicted molar refractivity (Wildman–Crippen MR) is 99.8 cm³/mol. The van der Waals surface area contributed by atoms with Crippen molar-refractivity contribution in [2.45, 2.75) is 13.5 Å². The summed E-state index contributed by atoms with van der Waals surface area (Å²) in [5.41, 5.74) is 1.80. The molecule has 1 aliphatic rings. The molecule has 3 rings (SSSR count). The van der Waals surface area contributed by atoms with Gasteiger partial charge in [-0.15, -0.1) is 0 Å². The highest BCUT2D eigenvalue weighted by Crippen LogP contribution is 2.31. The van der Waals surface area contributed by atoms with Gasteiger partial charge in [0.1, 0.15) is 11.4 Å². The van der Waals surface area contributed by atoms with Crippen molar-refractivity contribution >= 4 is 50.9 Å². The van der Waals surface area contributed by atoms with E-state index in [-0.39, 0.29) is 5.91 Å². The molecule has 0 radical (unpaired) electrons. The van der Waals surface area contributed by atoms with E-state index in [0.29, 0.717) is 28.8 Å². The average Bonchev–Trinajstić information content (AvgIpc) is 3.08. The quantitative estimate of drug-likeness (QED) is 0.624. The Morgan fingerprint density at radius 2 is 2.17 bits per heavy atom. The topological polar surface area (TPSA) is 59.4 Å². The van der Waals surface area contributed by atoms with Crippen LogP contribution in [0, 0.1) is 0 Å². The van der Waals surface area contributed by atoms with Crippen LogP contribution < -0.4 is 15.0 Å². The zero-order valence-corrected chi connectivity index (χ0v) is 15.5. The van der Waals surface area contributed by atoms with Crippen LogP contribution in [0.5, 0.6) is 5.75 Å². The van der Waals surface area contributed by atoms with Crippen LogP contribution in [0.15, 0.2) is 40.6 Å². The number of methoxy groups -OCH3 is 1. The fourth-order valence-electron chi connectivity index (χ4n) is 2.47. The number of para-hydroxylation sites is 2. The molecule has 0 atom stereocenters. The summed E-state index contributed by atoms with van der Waals surface area (Å²) in [7, 11) is 1.56. The van der Waals surface area contributed by atoms with E-state index in [1.807, 2.05) is 19.1 Å². The number of hydrogen-bond donors (Lipinski definition) is 1. The normalized spacial score (nSPS) is 16.0. The van der Waals surface area contributed by atoms with Crippen molar-refractivity contribution in [1.82, 2.24) is 15.1 Å². The molecule has 24 heavy (non-hydrogen) atoms. The van der Waals surface area contributed by atoms with E-state index < -0.39 is 0 Å². The molecule has 2 heterocycles. The number of rotatable bonds is 4.